The zero-order chi connectivity index (χ0) is 12.8. The fraction of sp³-hybridized carbons (Fsp3) is 0.357. The van der Waals surface area contributed by atoms with Gasteiger partial charge in [0.25, 0.3) is 0 Å². The minimum absolute atomic E-state index is 0.132. The van der Waals surface area contributed by atoms with Crippen molar-refractivity contribution in [3.63, 3.8) is 0 Å². The minimum Gasteiger partial charge on any atom is -0.335 e. The second kappa shape index (κ2) is 6.45. The van der Waals surface area contributed by atoms with E-state index in [1.165, 1.54) is 12.8 Å². The zero-order valence-electron chi connectivity index (χ0n) is 10.2. The van der Waals surface area contributed by atoms with Crippen LogP contribution in [0, 0.1) is 0 Å². The molecule has 0 radical (unpaired) electrons. The van der Waals surface area contributed by atoms with Gasteiger partial charge < -0.3 is 10.6 Å². The predicted octanol–water partition coefficient (Wildman–Crippen LogP) is 3.55. The first-order chi connectivity index (χ1) is 8.74. The molecule has 1 fully saturated rings. The predicted molar refractivity (Wildman–Crippen MR) is 74.4 cm³/mol. The molecule has 1 saturated carbocycles. The first kappa shape index (κ1) is 13.0. The van der Waals surface area contributed by atoms with Gasteiger partial charge in [0, 0.05) is 17.3 Å². The molecular formula is C14H17ClN2O. The smallest absolute Gasteiger partial charge is 0.318 e. The number of amides is 2. The molecule has 1 aromatic carbocycles. The number of rotatable bonds is 3. The van der Waals surface area contributed by atoms with Gasteiger partial charge in [-0.1, -0.05) is 36.6 Å². The van der Waals surface area contributed by atoms with Crippen molar-refractivity contribution >= 4 is 23.7 Å². The van der Waals surface area contributed by atoms with Crippen LogP contribution in [0.3, 0.4) is 0 Å². The van der Waals surface area contributed by atoms with Gasteiger partial charge in [-0.05, 0) is 36.6 Å². The number of hydrogen-bond donors (Lipinski definition) is 2. The summed E-state index contributed by atoms with van der Waals surface area (Å²) in [4.78, 5) is 11.5. The molecule has 96 valence electrons. The third-order valence-corrected chi connectivity index (χ3v) is 3.30. The summed E-state index contributed by atoms with van der Waals surface area (Å²) in [5, 5.41) is 6.37. The van der Waals surface area contributed by atoms with Crippen molar-refractivity contribution in [3.8, 4) is 0 Å². The highest BCUT2D eigenvalue weighted by Crippen LogP contribution is 2.17. The molecule has 0 aromatic heterocycles. The number of urea groups is 1. The summed E-state index contributed by atoms with van der Waals surface area (Å²) in [7, 11) is 0. The van der Waals surface area contributed by atoms with Crippen LogP contribution >= 0.6 is 11.6 Å². The van der Waals surface area contributed by atoms with Crippen LogP contribution in [0.5, 0.6) is 0 Å². The van der Waals surface area contributed by atoms with E-state index < -0.39 is 0 Å². The highest BCUT2D eigenvalue weighted by atomic mass is 35.5. The molecule has 2 rings (SSSR count). The third kappa shape index (κ3) is 4.08. The molecule has 3 nitrogen and oxygen atoms in total. The Kier molecular flexibility index (Phi) is 4.65. The summed E-state index contributed by atoms with van der Waals surface area (Å²) in [6.45, 7) is 0. The SMILES string of the molecule is O=C(N/C=C/c1ccc(Cl)cc1)NC1CCCC1. The highest BCUT2D eigenvalue weighted by molar-refractivity contribution is 6.30. The van der Waals surface area contributed by atoms with Crippen molar-refractivity contribution < 1.29 is 4.79 Å². The molecule has 0 unspecified atom stereocenters. The average Bonchev–Trinajstić information content (AvgIpc) is 2.84. The van der Waals surface area contributed by atoms with Crippen LogP contribution in [-0.4, -0.2) is 12.1 Å². The number of carbonyl (C=O) groups is 1. The van der Waals surface area contributed by atoms with E-state index in [0.29, 0.717) is 11.1 Å². The summed E-state index contributed by atoms with van der Waals surface area (Å²) < 4.78 is 0. The molecular weight excluding hydrogens is 248 g/mol. The van der Waals surface area contributed by atoms with Crippen molar-refractivity contribution in [2.45, 2.75) is 31.7 Å². The summed E-state index contributed by atoms with van der Waals surface area (Å²) in [6, 6.07) is 7.64. The van der Waals surface area contributed by atoms with Crippen LogP contribution in [-0.2, 0) is 0 Å². The summed E-state index contributed by atoms with van der Waals surface area (Å²) in [5.41, 5.74) is 1.00. The second-order valence-electron chi connectivity index (χ2n) is 4.48. The molecule has 0 heterocycles. The summed E-state index contributed by atoms with van der Waals surface area (Å²) in [6.07, 6.45) is 8.10. The topological polar surface area (TPSA) is 41.1 Å². The largest absolute Gasteiger partial charge is 0.335 e. The van der Waals surface area contributed by atoms with Gasteiger partial charge in [0.1, 0.15) is 0 Å². The van der Waals surface area contributed by atoms with E-state index in [2.05, 4.69) is 10.6 Å². The number of halogens is 1. The lowest BCUT2D eigenvalue weighted by Gasteiger charge is -2.10. The molecule has 2 amide bonds. The molecule has 0 saturated heterocycles. The first-order valence-corrected chi connectivity index (χ1v) is 6.61. The van der Waals surface area contributed by atoms with Gasteiger partial charge >= 0.3 is 6.03 Å². The van der Waals surface area contributed by atoms with Crippen LogP contribution < -0.4 is 10.6 Å². The Morgan fingerprint density at radius 3 is 2.56 bits per heavy atom. The number of carbonyl (C=O) groups excluding carboxylic acids is 1. The molecule has 4 heteroatoms. The fourth-order valence-electron chi connectivity index (χ4n) is 2.08. The molecule has 0 bridgehead atoms. The molecule has 0 atom stereocenters. The third-order valence-electron chi connectivity index (χ3n) is 3.05. The highest BCUT2D eigenvalue weighted by Gasteiger charge is 2.16. The molecule has 0 aliphatic heterocycles. The Morgan fingerprint density at radius 1 is 1.22 bits per heavy atom. The lowest BCUT2D eigenvalue weighted by molar-refractivity contribution is 0.240. The average molecular weight is 265 g/mol. The van der Waals surface area contributed by atoms with Crippen LogP contribution in [0.25, 0.3) is 6.08 Å². The second-order valence-corrected chi connectivity index (χ2v) is 4.92. The van der Waals surface area contributed by atoms with Gasteiger partial charge in [0.05, 0.1) is 0 Å². The van der Waals surface area contributed by atoms with Gasteiger partial charge in [0.2, 0.25) is 0 Å². The Bertz CT molecular complexity index is 422. The van der Waals surface area contributed by atoms with Crippen molar-refractivity contribution in [1.82, 2.24) is 10.6 Å². The van der Waals surface area contributed by atoms with E-state index in [1.807, 2.05) is 30.3 Å². The Hall–Kier alpha value is -1.48. The molecule has 18 heavy (non-hydrogen) atoms. The van der Waals surface area contributed by atoms with Crippen LogP contribution in [0.2, 0.25) is 5.02 Å². The Morgan fingerprint density at radius 2 is 1.89 bits per heavy atom. The fourth-order valence-corrected chi connectivity index (χ4v) is 2.21. The van der Waals surface area contributed by atoms with Crippen molar-refractivity contribution in [1.29, 1.82) is 0 Å². The van der Waals surface area contributed by atoms with Crippen LogP contribution in [0.15, 0.2) is 30.5 Å². The molecule has 0 spiro atoms. The standard InChI is InChI=1S/C14H17ClN2O/c15-12-7-5-11(6-8-12)9-10-16-14(18)17-13-3-1-2-4-13/h5-10,13H,1-4H2,(H2,16,17,18)/b10-9+. The molecule has 1 aliphatic carbocycles. The van der Waals surface area contributed by atoms with E-state index in [1.54, 1.807) is 6.20 Å². The zero-order valence-corrected chi connectivity index (χ0v) is 10.9. The normalized spacial score (nSPS) is 16.1. The monoisotopic (exact) mass is 264 g/mol. The van der Waals surface area contributed by atoms with Gasteiger partial charge in [-0.2, -0.15) is 0 Å². The molecule has 1 aromatic rings. The summed E-state index contributed by atoms with van der Waals surface area (Å²) in [5.74, 6) is 0. The van der Waals surface area contributed by atoms with E-state index in [9.17, 15) is 4.79 Å². The van der Waals surface area contributed by atoms with Gasteiger partial charge in [0.15, 0.2) is 0 Å². The van der Waals surface area contributed by atoms with Crippen LogP contribution in [0.4, 0.5) is 4.79 Å². The lowest BCUT2D eigenvalue weighted by Crippen LogP contribution is -2.38. The van der Waals surface area contributed by atoms with E-state index in [4.69, 9.17) is 11.6 Å². The number of hydrogen-bond acceptors (Lipinski definition) is 1. The maximum absolute atomic E-state index is 11.5. The van der Waals surface area contributed by atoms with Crippen molar-refractivity contribution in [2.24, 2.45) is 0 Å². The van der Waals surface area contributed by atoms with Gasteiger partial charge in [-0.25, -0.2) is 4.79 Å². The van der Waals surface area contributed by atoms with Crippen LogP contribution in [0.1, 0.15) is 31.2 Å². The molecule has 1 aliphatic rings. The van der Waals surface area contributed by atoms with E-state index in [-0.39, 0.29) is 6.03 Å². The molecule has 2 N–H and O–H groups in total. The van der Waals surface area contributed by atoms with Crippen molar-refractivity contribution in [2.75, 3.05) is 0 Å². The van der Waals surface area contributed by atoms with E-state index in [0.717, 1.165) is 18.4 Å². The minimum atomic E-state index is -0.132. The Balaban J connectivity index is 1.76. The summed E-state index contributed by atoms with van der Waals surface area (Å²) >= 11 is 5.79. The maximum Gasteiger partial charge on any atom is 0.318 e. The quantitative estimate of drug-likeness (QED) is 0.861. The maximum atomic E-state index is 11.5. The number of benzene rings is 1. The van der Waals surface area contributed by atoms with Gasteiger partial charge in [-0.3, -0.25) is 0 Å². The lowest BCUT2D eigenvalue weighted by atomic mass is 10.2. The number of nitrogens with one attached hydrogen (secondary N) is 2. The Labute approximate surface area is 112 Å². The first-order valence-electron chi connectivity index (χ1n) is 6.23. The van der Waals surface area contributed by atoms with Crippen molar-refractivity contribution in [3.05, 3.63) is 41.1 Å². The van der Waals surface area contributed by atoms with Gasteiger partial charge in [-0.15, -0.1) is 0 Å². The van der Waals surface area contributed by atoms with E-state index >= 15 is 0 Å².